The number of halogens is 1. The normalized spacial score (nSPS) is 23.1. The van der Waals surface area contributed by atoms with Crippen LogP contribution in [-0.4, -0.2) is 24.9 Å². The molecule has 3 heterocycles. The first-order valence-corrected chi connectivity index (χ1v) is 9.30. The first-order chi connectivity index (χ1) is 11.1. The first kappa shape index (κ1) is 15.1. The third-order valence-corrected chi connectivity index (χ3v) is 6.32. The van der Waals surface area contributed by atoms with E-state index in [2.05, 4.69) is 34.3 Å². The molecule has 1 aromatic carbocycles. The standard InChI is InChI=1S/C17H15BrN2O2S/c1-10-12-5-7-23-15(12)4-6-19(10)9-20-14-3-2-11(18)8-13(14)16(21)17(20)22/h2-3,5,7-8,10H,4,6,9H2,1H3/p+1/t10-/m1/s1. The molecular weight excluding hydrogens is 376 g/mol. The van der Waals surface area contributed by atoms with Crippen LogP contribution in [0.3, 0.4) is 0 Å². The summed E-state index contributed by atoms with van der Waals surface area (Å²) < 4.78 is 0.820. The highest BCUT2D eigenvalue weighted by Gasteiger charge is 2.39. The van der Waals surface area contributed by atoms with E-state index in [4.69, 9.17) is 0 Å². The van der Waals surface area contributed by atoms with Gasteiger partial charge < -0.3 is 4.90 Å². The molecule has 2 aliphatic rings. The molecule has 23 heavy (non-hydrogen) atoms. The number of hydrogen-bond donors (Lipinski definition) is 1. The van der Waals surface area contributed by atoms with E-state index < -0.39 is 11.7 Å². The molecule has 2 aliphatic heterocycles. The Bertz CT molecular complexity index is 817. The second-order valence-electron chi connectivity index (χ2n) is 6.06. The summed E-state index contributed by atoms with van der Waals surface area (Å²) in [5, 5.41) is 2.14. The number of carbonyl (C=O) groups is 2. The second kappa shape index (κ2) is 5.54. The van der Waals surface area contributed by atoms with Gasteiger partial charge >= 0.3 is 5.91 Å². The number of nitrogens with one attached hydrogen (secondary N) is 1. The maximum atomic E-state index is 12.4. The summed E-state index contributed by atoms with van der Waals surface area (Å²) in [5.41, 5.74) is 2.62. The second-order valence-corrected chi connectivity index (χ2v) is 7.98. The number of quaternary nitrogens is 1. The Morgan fingerprint density at radius 2 is 2.17 bits per heavy atom. The van der Waals surface area contributed by atoms with Gasteiger partial charge in [-0.05, 0) is 36.6 Å². The predicted octanol–water partition coefficient (Wildman–Crippen LogP) is 2.20. The van der Waals surface area contributed by atoms with E-state index in [-0.39, 0.29) is 0 Å². The molecule has 0 bridgehead atoms. The third kappa shape index (κ3) is 2.36. The molecule has 0 saturated carbocycles. The van der Waals surface area contributed by atoms with Crippen molar-refractivity contribution in [1.29, 1.82) is 0 Å². The number of nitrogens with zero attached hydrogens (tertiary/aromatic N) is 1. The van der Waals surface area contributed by atoms with Crippen LogP contribution in [0.5, 0.6) is 0 Å². The number of anilines is 1. The largest absolute Gasteiger partial charge is 0.311 e. The van der Waals surface area contributed by atoms with Crippen LogP contribution in [0.1, 0.15) is 33.8 Å². The average Bonchev–Trinajstić information content (AvgIpc) is 3.10. The Hall–Kier alpha value is -1.50. The number of ketones is 1. The van der Waals surface area contributed by atoms with Crippen molar-refractivity contribution >= 4 is 44.6 Å². The van der Waals surface area contributed by atoms with Crippen LogP contribution in [0, 0.1) is 0 Å². The highest BCUT2D eigenvalue weighted by atomic mass is 79.9. The molecule has 6 heteroatoms. The summed E-state index contributed by atoms with van der Waals surface area (Å²) in [7, 11) is 0. The topological polar surface area (TPSA) is 41.8 Å². The molecule has 0 aliphatic carbocycles. The Morgan fingerprint density at radius 1 is 1.35 bits per heavy atom. The van der Waals surface area contributed by atoms with Crippen molar-refractivity contribution in [3.8, 4) is 0 Å². The lowest BCUT2D eigenvalue weighted by atomic mass is 10.0. The number of amides is 1. The quantitative estimate of drug-likeness (QED) is 0.797. The van der Waals surface area contributed by atoms with E-state index in [1.807, 2.05) is 23.5 Å². The summed E-state index contributed by atoms with van der Waals surface area (Å²) in [6, 6.07) is 8.00. The van der Waals surface area contributed by atoms with Gasteiger partial charge in [-0.25, -0.2) is 0 Å². The van der Waals surface area contributed by atoms with Gasteiger partial charge in [0.25, 0.3) is 5.78 Å². The highest BCUT2D eigenvalue weighted by molar-refractivity contribution is 9.10. The van der Waals surface area contributed by atoms with E-state index in [0.717, 1.165) is 23.1 Å². The van der Waals surface area contributed by atoms with Gasteiger partial charge in [-0.15, -0.1) is 11.3 Å². The van der Waals surface area contributed by atoms with Gasteiger partial charge in [-0.2, -0.15) is 0 Å². The fourth-order valence-electron chi connectivity index (χ4n) is 3.50. The number of carbonyl (C=O) groups excluding carboxylic acids is 2. The minimum absolute atomic E-state index is 0.340. The molecule has 118 valence electrons. The van der Waals surface area contributed by atoms with Gasteiger partial charge in [0.2, 0.25) is 0 Å². The van der Waals surface area contributed by atoms with Crippen LogP contribution in [0.15, 0.2) is 34.1 Å². The zero-order valence-corrected chi connectivity index (χ0v) is 15.0. The predicted molar refractivity (Wildman–Crippen MR) is 93.1 cm³/mol. The molecule has 0 radical (unpaired) electrons. The lowest BCUT2D eigenvalue weighted by molar-refractivity contribution is -0.930. The van der Waals surface area contributed by atoms with Crippen molar-refractivity contribution in [3.63, 3.8) is 0 Å². The van der Waals surface area contributed by atoms with Crippen LogP contribution in [-0.2, 0) is 11.2 Å². The highest BCUT2D eigenvalue weighted by Crippen LogP contribution is 2.31. The van der Waals surface area contributed by atoms with Crippen molar-refractivity contribution < 1.29 is 14.5 Å². The molecule has 1 N–H and O–H groups in total. The zero-order valence-electron chi connectivity index (χ0n) is 12.6. The fraction of sp³-hybridized carbons (Fsp3) is 0.294. The van der Waals surface area contributed by atoms with Gasteiger partial charge in [0.05, 0.1) is 17.8 Å². The molecule has 1 aromatic heterocycles. The SMILES string of the molecule is C[C@@H]1c2ccsc2CC[NH+]1CN1C(=O)C(=O)c2cc(Br)ccc21. The summed E-state index contributed by atoms with van der Waals surface area (Å²) in [5.74, 6) is -0.810. The molecular formula is C17H16BrN2O2S+. The summed E-state index contributed by atoms with van der Waals surface area (Å²) in [6.45, 7) is 3.72. The van der Waals surface area contributed by atoms with Gasteiger partial charge in [0.1, 0.15) is 6.04 Å². The van der Waals surface area contributed by atoms with Crippen LogP contribution in [0.25, 0.3) is 0 Å². The molecule has 0 spiro atoms. The first-order valence-electron chi connectivity index (χ1n) is 7.63. The Kier molecular flexibility index (Phi) is 3.63. The van der Waals surface area contributed by atoms with Gasteiger partial charge in [-0.3, -0.25) is 14.5 Å². The van der Waals surface area contributed by atoms with Crippen molar-refractivity contribution in [2.24, 2.45) is 0 Å². The van der Waals surface area contributed by atoms with Crippen molar-refractivity contribution in [3.05, 3.63) is 50.1 Å². The lowest BCUT2D eigenvalue weighted by Crippen LogP contribution is -3.14. The van der Waals surface area contributed by atoms with Crippen molar-refractivity contribution in [2.45, 2.75) is 19.4 Å². The third-order valence-electron chi connectivity index (χ3n) is 4.83. The minimum atomic E-state index is -0.408. The maximum absolute atomic E-state index is 12.4. The molecule has 4 nitrogen and oxygen atoms in total. The number of hydrogen-bond acceptors (Lipinski definition) is 3. The average molecular weight is 392 g/mol. The number of fused-ring (bicyclic) bond motifs is 2. The van der Waals surface area contributed by atoms with Crippen LogP contribution < -0.4 is 9.80 Å². The number of thiophene rings is 1. The number of rotatable bonds is 2. The Morgan fingerprint density at radius 3 is 3.00 bits per heavy atom. The lowest BCUT2D eigenvalue weighted by Gasteiger charge is -2.33. The molecule has 4 rings (SSSR count). The number of Topliss-reactive ketones (excluding diaryl/α,β-unsaturated/α-hetero) is 1. The molecule has 1 unspecified atom stereocenters. The van der Waals surface area contributed by atoms with Gasteiger partial charge in [-0.1, -0.05) is 15.9 Å². The summed E-state index contributed by atoms with van der Waals surface area (Å²) in [6.07, 6.45) is 1.04. The number of benzene rings is 1. The van der Waals surface area contributed by atoms with E-state index >= 15 is 0 Å². The monoisotopic (exact) mass is 391 g/mol. The van der Waals surface area contributed by atoms with E-state index in [0.29, 0.717) is 18.3 Å². The smallest absolute Gasteiger partial charge is 0.303 e. The van der Waals surface area contributed by atoms with Crippen LogP contribution in [0.4, 0.5) is 5.69 Å². The molecule has 1 amide bonds. The molecule has 2 aromatic rings. The molecule has 0 fully saturated rings. The van der Waals surface area contributed by atoms with E-state index in [1.54, 1.807) is 11.0 Å². The maximum Gasteiger partial charge on any atom is 0.303 e. The van der Waals surface area contributed by atoms with Crippen molar-refractivity contribution in [2.75, 3.05) is 18.1 Å². The van der Waals surface area contributed by atoms with E-state index in [9.17, 15) is 9.59 Å². The molecule has 0 saturated heterocycles. The zero-order chi connectivity index (χ0) is 16.1. The Balaban J connectivity index is 1.63. The van der Waals surface area contributed by atoms with Gasteiger partial charge in [0, 0.05) is 21.3 Å². The summed E-state index contributed by atoms with van der Waals surface area (Å²) >= 11 is 5.18. The molecule has 2 atom stereocenters. The summed E-state index contributed by atoms with van der Waals surface area (Å²) in [4.78, 5) is 29.0. The van der Waals surface area contributed by atoms with Crippen LogP contribution >= 0.6 is 27.3 Å². The van der Waals surface area contributed by atoms with Crippen molar-refractivity contribution in [1.82, 2.24) is 0 Å². The fourth-order valence-corrected chi connectivity index (χ4v) is 4.84. The van der Waals surface area contributed by atoms with Gasteiger partial charge in [0.15, 0.2) is 6.67 Å². The Labute approximate surface area is 146 Å². The minimum Gasteiger partial charge on any atom is -0.311 e. The van der Waals surface area contributed by atoms with E-state index in [1.165, 1.54) is 15.3 Å². The van der Waals surface area contributed by atoms with Crippen LogP contribution in [0.2, 0.25) is 0 Å².